The highest BCUT2D eigenvalue weighted by atomic mass is 31.1. The second-order valence-electron chi connectivity index (χ2n) is 3.12. The van der Waals surface area contributed by atoms with Crippen LogP contribution in [0.4, 0.5) is 0 Å². The third kappa shape index (κ3) is 2.51. The minimum atomic E-state index is -1.82. The van der Waals surface area contributed by atoms with Crippen molar-refractivity contribution < 1.29 is 13.6 Å². The molecular weight excluding hydrogens is 175 g/mol. The SMILES string of the molecule is CCCC1O[P+](=O)OCC1CC. The van der Waals surface area contributed by atoms with E-state index >= 15 is 0 Å². The van der Waals surface area contributed by atoms with E-state index < -0.39 is 8.25 Å². The highest BCUT2D eigenvalue weighted by Crippen LogP contribution is 2.37. The molecule has 0 amide bonds. The summed E-state index contributed by atoms with van der Waals surface area (Å²) >= 11 is 0. The standard InChI is InChI=1S/C8H16O3P/c1-3-5-8-7(4-2)6-10-12(9)11-8/h7-8H,3-6H2,1-2H3/q+1. The predicted molar refractivity (Wildman–Crippen MR) is 47.1 cm³/mol. The molecule has 4 heteroatoms. The highest BCUT2D eigenvalue weighted by molar-refractivity contribution is 7.33. The molecule has 12 heavy (non-hydrogen) atoms. The minimum Gasteiger partial charge on any atom is -0.119 e. The number of rotatable bonds is 3. The Bertz CT molecular complexity index is 160. The van der Waals surface area contributed by atoms with Gasteiger partial charge in [-0.3, -0.25) is 0 Å². The van der Waals surface area contributed by atoms with Gasteiger partial charge >= 0.3 is 8.25 Å². The molecule has 0 aliphatic carbocycles. The molecule has 1 fully saturated rings. The molecule has 1 saturated heterocycles. The van der Waals surface area contributed by atoms with Crippen LogP contribution >= 0.6 is 8.25 Å². The molecule has 3 atom stereocenters. The quantitative estimate of drug-likeness (QED) is 0.643. The fraction of sp³-hybridized carbons (Fsp3) is 1.00. The summed E-state index contributed by atoms with van der Waals surface area (Å²) in [6.45, 7) is 4.81. The Kier molecular flexibility index (Phi) is 4.13. The van der Waals surface area contributed by atoms with Crippen LogP contribution in [0, 0.1) is 5.92 Å². The van der Waals surface area contributed by atoms with E-state index in [2.05, 4.69) is 13.8 Å². The van der Waals surface area contributed by atoms with Crippen LogP contribution in [0.5, 0.6) is 0 Å². The molecule has 0 bridgehead atoms. The fourth-order valence-electron chi connectivity index (χ4n) is 1.44. The lowest BCUT2D eigenvalue weighted by molar-refractivity contribution is 0.0316. The van der Waals surface area contributed by atoms with Crippen molar-refractivity contribution in [3.63, 3.8) is 0 Å². The molecule has 1 aliphatic heterocycles. The van der Waals surface area contributed by atoms with Gasteiger partial charge in [0.05, 0.1) is 0 Å². The Hall–Kier alpha value is 0.0200. The maximum atomic E-state index is 10.9. The van der Waals surface area contributed by atoms with Crippen molar-refractivity contribution in [3.8, 4) is 0 Å². The van der Waals surface area contributed by atoms with E-state index in [1.165, 1.54) is 0 Å². The van der Waals surface area contributed by atoms with E-state index in [9.17, 15) is 4.57 Å². The highest BCUT2D eigenvalue weighted by Gasteiger charge is 2.38. The maximum absolute atomic E-state index is 10.9. The first kappa shape index (κ1) is 10.1. The molecular formula is C8H16O3P+. The van der Waals surface area contributed by atoms with E-state index in [1.807, 2.05) is 0 Å². The molecule has 0 saturated carbocycles. The van der Waals surface area contributed by atoms with E-state index in [-0.39, 0.29) is 6.10 Å². The summed E-state index contributed by atoms with van der Waals surface area (Å²) in [4.78, 5) is 0. The van der Waals surface area contributed by atoms with Gasteiger partial charge in [0.15, 0.2) is 0 Å². The lowest BCUT2D eigenvalue weighted by Crippen LogP contribution is -2.28. The van der Waals surface area contributed by atoms with Gasteiger partial charge in [-0.2, -0.15) is 0 Å². The first-order chi connectivity index (χ1) is 5.77. The van der Waals surface area contributed by atoms with Crippen molar-refractivity contribution in [2.45, 2.75) is 39.2 Å². The molecule has 0 N–H and O–H groups in total. The van der Waals surface area contributed by atoms with Gasteiger partial charge in [0.2, 0.25) is 0 Å². The zero-order valence-corrected chi connectivity index (χ0v) is 8.55. The normalized spacial score (nSPS) is 33.7. The Morgan fingerprint density at radius 3 is 2.83 bits per heavy atom. The van der Waals surface area contributed by atoms with Crippen LogP contribution in [0.2, 0.25) is 0 Å². The summed E-state index contributed by atoms with van der Waals surface area (Å²) in [6.07, 6.45) is 3.25. The van der Waals surface area contributed by atoms with Gasteiger partial charge in [0, 0.05) is 10.5 Å². The van der Waals surface area contributed by atoms with E-state index in [1.54, 1.807) is 0 Å². The molecule has 0 spiro atoms. The summed E-state index contributed by atoms with van der Waals surface area (Å²) in [5.74, 6) is 0.428. The molecule has 70 valence electrons. The first-order valence-electron chi connectivity index (χ1n) is 4.54. The summed E-state index contributed by atoms with van der Waals surface area (Å²) in [5, 5.41) is 0. The van der Waals surface area contributed by atoms with Crippen molar-refractivity contribution in [2.75, 3.05) is 6.61 Å². The van der Waals surface area contributed by atoms with Crippen LogP contribution in [0.3, 0.4) is 0 Å². The van der Waals surface area contributed by atoms with Crippen LogP contribution in [-0.2, 0) is 13.6 Å². The topological polar surface area (TPSA) is 35.5 Å². The Labute approximate surface area is 74.4 Å². The van der Waals surface area contributed by atoms with Crippen molar-refractivity contribution in [2.24, 2.45) is 5.92 Å². The Morgan fingerprint density at radius 1 is 1.50 bits per heavy atom. The second-order valence-corrected chi connectivity index (χ2v) is 4.04. The van der Waals surface area contributed by atoms with Gasteiger partial charge < -0.3 is 0 Å². The van der Waals surface area contributed by atoms with Crippen molar-refractivity contribution in [3.05, 3.63) is 0 Å². The molecule has 1 rings (SSSR count). The van der Waals surface area contributed by atoms with Gasteiger partial charge in [-0.05, 0) is 12.8 Å². The van der Waals surface area contributed by atoms with Crippen LogP contribution in [0.25, 0.3) is 0 Å². The predicted octanol–water partition coefficient (Wildman–Crippen LogP) is 2.89. The summed E-state index contributed by atoms with van der Waals surface area (Å²) in [5.41, 5.74) is 0. The summed E-state index contributed by atoms with van der Waals surface area (Å²) in [7, 11) is -1.82. The zero-order valence-electron chi connectivity index (χ0n) is 7.66. The average molecular weight is 191 g/mol. The molecule has 0 aromatic carbocycles. The Balaban J connectivity index is 2.45. The van der Waals surface area contributed by atoms with Crippen LogP contribution in [0.1, 0.15) is 33.1 Å². The van der Waals surface area contributed by atoms with Crippen molar-refractivity contribution in [1.29, 1.82) is 0 Å². The van der Waals surface area contributed by atoms with E-state index in [0.717, 1.165) is 19.3 Å². The maximum Gasteiger partial charge on any atom is 0.697 e. The van der Waals surface area contributed by atoms with Gasteiger partial charge in [-0.15, -0.1) is 9.05 Å². The largest absolute Gasteiger partial charge is 0.697 e. The van der Waals surface area contributed by atoms with Gasteiger partial charge in [0.25, 0.3) is 0 Å². The van der Waals surface area contributed by atoms with Crippen LogP contribution in [0.15, 0.2) is 0 Å². The monoisotopic (exact) mass is 191 g/mol. The van der Waals surface area contributed by atoms with Gasteiger partial charge in [-0.25, -0.2) is 0 Å². The van der Waals surface area contributed by atoms with Crippen LogP contribution < -0.4 is 0 Å². The van der Waals surface area contributed by atoms with E-state index in [4.69, 9.17) is 9.05 Å². The third-order valence-corrected chi connectivity index (χ3v) is 3.04. The number of hydrogen-bond acceptors (Lipinski definition) is 3. The first-order valence-corrected chi connectivity index (χ1v) is 5.64. The molecule has 1 aliphatic rings. The molecule has 1 heterocycles. The smallest absolute Gasteiger partial charge is 0.119 e. The molecule has 0 radical (unpaired) electrons. The molecule has 3 nitrogen and oxygen atoms in total. The third-order valence-electron chi connectivity index (χ3n) is 2.24. The molecule has 0 aromatic rings. The van der Waals surface area contributed by atoms with Crippen LogP contribution in [-0.4, -0.2) is 12.7 Å². The lowest BCUT2D eigenvalue weighted by Gasteiger charge is -2.21. The average Bonchev–Trinajstić information content (AvgIpc) is 2.05. The fourth-order valence-corrected chi connectivity index (χ4v) is 2.32. The van der Waals surface area contributed by atoms with Gasteiger partial charge in [0.1, 0.15) is 12.7 Å². The Morgan fingerprint density at radius 2 is 2.25 bits per heavy atom. The minimum absolute atomic E-state index is 0.150. The van der Waals surface area contributed by atoms with Crippen molar-refractivity contribution >= 4 is 8.25 Å². The zero-order chi connectivity index (χ0) is 8.97. The molecule has 0 aromatic heterocycles. The lowest BCUT2D eigenvalue weighted by atomic mass is 9.97. The van der Waals surface area contributed by atoms with Crippen molar-refractivity contribution in [1.82, 2.24) is 0 Å². The number of hydrogen-bond donors (Lipinski definition) is 0. The van der Waals surface area contributed by atoms with Gasteiger partial charge in [-0.1, -0.05) is 20.3 Å². The van der Waals surface area contributed by atoms with E-state index in [0.29, 0.717) is 12.5 Å². The summed E-state index contributed by atoms with van der Waals surface area (Å²) < 4.78 is 21.1. The molecule has 3 unspecified atom stereocenters. The summed E-state index contributed by atoms with van der Waals surface area (Å²) in [6, 6.07) is 0. The second kappa shape index (κ2) is 4.90.